The van der Waals surface area contributed by atoms with E-state index >= 15 is 0 Å². The second-order valence-corrected chi connectivity index (χ2v) is 6.51. The number of hydrogen-bond acceptors (Lipinski definition) is 2. The van der Waals surface area contributed by atoms with Crippen LogP contribution in [-0.2, 0) is 6.42 Å². The molecule has 0 atom stereocenters. The Bertz CT molecular complexity index is 616. The Morgan fingerprint density at radius 1 is 1.00 bits per heavy atom. The minimum absolute atomic E-state index is 0.714. The van der Waals surface area contributed by atoms with Gasteiger partial charge in [0.1, 0.15) is 0 Å². The van der Waals surface area contributed by atoms with Crippen molar-refractivity contribution in [1.29, 1.82) is 0 Å². The Morgan fingerprint density at radius 3 is 2.38 bits per heavy atom. The van der Waals surface area contributed by atoms with E-state index in [4.69, 9.17) is 23.8 Å². The number of thiocarbonyl (C=S) groups is 1. The fourth-order valence-corrected chi connectivity index (χ4v) is 2.69. The smallest absolute Gasteiger partial charge is 0.166 e. The highest BCUT2D eigenvalue weighted by Crippen LogP contribution is 2.11. The molecule has 0 aliphatic rings. The van der Waals surface area contributed by atoms with E-state index in [1.54, 1.807) is 0 Å². The number of rotatable bonds is 8. The Kier molecular flexibility index (Phi) is 7.86. The van der Waals surface area contributed by atoms with Crippen LogP contribution in [0.5, 0.6) is 0 Å². The molecule has 24 heavy (non-hydrogen) atoms. The highest BCUT2D eigenvalue weighted by atomic mass is 35.5. The van der Waals surface area contributed by atoms with Gasteiger partial charge in [-0.05, 0) is 54.9 Å². The van der Waals surface area contributed by atoms with E-state index in [2.05, 4.69) is 46.8 Å². The van der Waals surface area contributed by atoms with Gasteiger partial charge < -0.3 is 15.5 Å². The Morgan fingerprint density at radius 2 is 1.67 bits per heavy atom. The number of anilines is 1. The molecule has 0 aliphatic heterocycles. The molecule has 0 heterocycles. The van der Waals surface area contributed by atoms with Crippen molar-refractivity contribution in [3.8, 4) is 0 Å². The normalized spacial score (nSPS) is 10.2. The summed E-state index contributed by atoms with van der Waals surface area (Å²) >= 11 is 11.2. The maximum atomic E-state index is 5.88. The van der Waals surface area contributed by atoms with Gasteiger partial charge in [-0.2, -0.15) is 0 Å². The van der Waals surface area contributed by atoms with Gasteiger partial charge in [-0.15, -0.1) is 0 Å². The first-order valence-corrected chi connectivity index (χ1v) is 8.96. The molecule has 0 aliphatic carbocycles. The Hall–Kier alpha value is -1.78. The van der Waals surface area contributed by atoms with Gasteiger partial charge in [0.2, 0.25) is 0 Å². The van der Waals surface area contributed by atoms with Crippen LogP contribution in [0.25, 0.3) is 0 Å². The van der Waals surface area contributed by atoms with E-state index < -0.39 is 0 Å². The van der Waals surface area contributed by atoms with Crippen molar-refractivity contribution in [3.05, 3.63) is 65.2 Å². The summed E-state index contributed by atoms with van der Waals surface area (Å²) in [7, 11) is 2.11. The fourth-order valence-electron chi connectivity index (χ4n) is 2.36. The molecule has 0 radical (unpaired) electrons. The number of nitrogens with one attached hydrogen (secondary N) is 2. The van der Waals surface area contributed by atoms with Crippen molar-refractivity contribution < 1.29 is 0 Å². The van der Waals surface area contributed by atoms with Gasteiger partial charge in [-0.3, -0.25) is 0 Å². The van der Waals surface area contributed by atoms with Crippen LogP contribution in [0.1, 0.15) is 12.0 Å². The highest BCUT2D eigenvalue weighted by molar-refractivity contribution is 7.80. The van der Waals surface area contributed by atoms with Gasteiger partial charge in [-0.25, -0.2) is 0 Å². The summed E-state index contributed by atoms with van der Waals surface area (Å²) < 4.78 is 0. The molecule has 0 bridgehead atoms. The van der Waals surface area contributed by atoms with Gasteiger partial charge in [0.05, 0.1) is 0 Å². The van der Waals surface area contributed by atoms with E-state index in [1.807, 2.05) is 30.3 Å². The summed E-state index contributed by atoms with van der Waals surface area (Å²) in [5, 5.41) is 7.98. The molecule has 5 heteroatoms. The van der Waals surface area contributed by atoms with Crippen LogP contribution in [0.15, 0.2) is 54.6 Å². The largest absolute Gasteiger partial charge is 0.375 e. The van der Waals surface area contributed by atoms with Crippen LogP contribution in [0.2, 0.25) is 5.02 Å². The van der Waals surface area contributed by atoms with Crippen LogP contribution >= 0.6 is 23.8 Å². The fraction of sp³-hybridized carbons (Fsp3) is 0.316. The molecule has 2 aromatic rings. The highest BCUT2D eigenvalue weighted by Gasteiger charge is 2.00. The first-order chi connectivity index (χ1) is 11.6. The van der Waals surface area contributed by atoms with Crippen LogP contribution < -0.4 is 15.5 Å². The maximum absolute atomic E-state index is 5.88. The van der Waals surface area contributed by atoms with E-state index in [0.29, 0.717) is 5.11 Å². The zero-order chi connectivity index (χ0) is 17.2. The zero-order valence-electron chi connectivity index (χ0n) is 14.0. The minimum Gasteiger partial charge on any atom is -0.375 e. The molecular weight excluding hydrogens is 338 g/mol. The summed E-state index contributed by atoms with van der Waals surface area (Å²) in [5.41, 5.74) is 2.49. The van der Waals surface area contributed by atoms with Crippen LogP contribution in [0.4, 0.5) is 5.69 Å². The van der Waals surface area contributed by atoms with Gasteiger partial charge in [-0.1, -0.05) is 41.9 Å². The summed E-state index contributed by atoms with van der Waals surface area (Å²) in [5.74, 6) is 0. The third-order valence-corrected chi connectivity index (χ3v) is 4.31. The van der Waals surface area contributed by atoms with Crippen molar-refractivity contribution in [2.24, 2.45) is 0 Å². The molecule has 0 amide bonds. The number of hydrogen-bond donors (Lipinski definition) is 2. The Balaban J connectivity index is 1.56. The van der Waals surface area contributed by atoms with Crippen LogP contribution in [0, 0.1) is 0 Å². The maximum Gasteiger partial charge on any atom is 0.166 e. The molecule has 2 N–H and O–H groups in total. The van der Waals surface area contributed by atoms with Crippen molar-refractivity contribution in [3.63, 3.8) is 0 Å². The average Bonchev–Trinajstić information content (AvgIpc) is 2.61. The van der Waals surface area contributed by atoms with E-state index in [1.165, 1.54) is 11.3 Å². The lowest BCUT2D eigenvalue weighted by Gasteiger charge is -2.19. The van der Waals surface area contributed by atoms with Gasteiger partial charge in [0, 0.05) is 37.4 Å². The molecule has 0 saturated heterocycles. The summed E-state index contributed by atoms with van der Waals surface area (Å²) in [6.45, 7) is 2.67. The lowest BCUT2D eigenvalue weighted by Crippen LogP contribution is -2.37. The topological polar surface area (TPSA) is 27.3 Å². The average molecular weight is 362 g/mol. The lowest BCUT2D eigenvalue weighted by molar-refractivity contribution is 0.737. The van der Waals surface area contributed by atoms with Crippen LogP contribution in [-0.4, -0.2) is 31.8 Å². The van der Waals surface area contributed by atoms with Crippen molar-refractivity contribution >= 4 is 34.6 Å². The zero-order valence-corrected chi connectivity index (χ0v) is 15.5. The second-order valence-electron chi connectivity index (χ2n) is 5.67. The van der Waals surface area contributed by atoms with Crippen molar-refractivity contribution in [2.45, 2.75) is 12.8 Å². The van der Waals surface area contributed by atoms with Crippen molar-refractivity contribution in [2.75, 3.05) is 31.6 Å². The molecule has 0 fully saturated rings. The molecule has 0 aromatic heterocycles. The standard InChI is InChI=1S/C19H24ClN3S/c1-23(18-6-3-2-4-7-18)15-5-13-21-19(24)22-14-12-16-8-10-17(20)11-9-16/h2-4,6-11H,5,12-15H2,1H3,(H2,21,22,24). The summed E-state index contributed by atoms with van der Waals surface area (Å²) in [6.07, 6.45) is 1.96. The number of para-hydroxylation sites is 1. The molecule has 0 saturated carbocycles. The summed E-state index contributed by atoms with van der Waals surface area (Å²) in [4.78, 5) is 2.25. The van der Waals surface area contributed by atoms with E-state index in [9.17, 15) is 0 Å². The molecule has 0 unspecified atom stereocenters. The quantitative estimate of drug-likeness (QED) is 0.551. The molecule has 2 aromatic carbocycles. The lowest BCUT2D eigenvalue weighted by atomic mass is 10.1. The second kappa shape index (κ2) is 10.2. The van der Waals surface area contributed by atoms with Crippen LogP contribution in [0.3, 0.4) is 0 Å². The molecular formula is C19H24ClN3S. The SMILES string of the molecule is CN(CCCNC(=S)NCCc1ccc(Cl)cc1)c1ccccc1. The van der Waals surface area contributed by atoms with Crippen molar-refractivity contribution in [1.82, 2.24) is 10.6 Å². The number of benzene rings is 2. The van der Waals surface area contributed by atoms with Gasteiger partial charge in [0.25, 0.3) is 0 Å². The first-order valence-electron chi connectivity index (χ1n) is 8.17. The van der Waals surface area contributed by atoms with Gasteiger partial charge in [0.15, 0.2) is 5.11 Å². The molecule has 128 valence electrons. The number of halogens is 1. The molecule has 2 rings (SSSR count). The van der Waals surface area contributed by atoms with Gasteiger partial charge >= 0.3 is 0 Å². The predicted molar refractivity (Wildman–Crippen MR) is 108 cm³/mol. The molecule has 0 spiro atoms. The van der Waals surface area contributed by atoms with E-state index in [-0.39, 0.29) is 0 Å². The molecule has 3 nitrogen and oxygen atoms in total. The Labute approximate surface area is 155 Å². The minimum atomic E-state index is 0.714. The third kappa shape index (κ3) is 6.77. The third-order valence-electron chi connectivity index (χ3n) is 3.77. The predicted octanol–water partition coefficient (Wildman–Crippen LogP) is 3.87. The summed E-state index contributed by atoms with van der Waals surface area (Å²) in [6, 6.07) is 18.3. The number of nitrogens with zero attached hydrogens (tertiary/aromatic N) is 1. The first kappa shape index (κ1) is 18.6. The van der Waals surface area contributed by atoms with E-state index in [0.717, 1.165) is 37.5 Å². The monoisotopic (exact) mass is 361 g/mol.